The summed E-state index contributed by atoms with van der Waals surface area (Å²) in [5, 5.41) is 2.80. The van der Waals surface area contributed by atoms with Crippen LogP contribution in [0, 0.1) is 0 Å². The Labute approximate surface area is 162 Å². The third-order valence-electron chi connectivity index (χ3n) is 4.20. The molecule has 1 amide bonds. The normalized spacial score (nSPS) is 11.5. The quantitative estimate of drug-likeness (QED) is 0.677. The summed E-state index contributed by atoms with van der Waals surface area (Å²) in [5.41, 5.74) is 1.38. The van der Waals surface area contributed by atoms with Gasteiger partial charge >= 0.3 is 0 Å². The van der Waals surface area contributed by atoms with Gasteiger partial charge in [0.05, 0.1) is 13.2 Å². The summed E-state index contributed by atoms with van der Waals surface area (Å²) in [6, 6.07) is 17.8. The van der Waals surface area contributed by atoms with Gasteiger partial charge in [0.25, 0.3) is 5.91 Å². The van der Waals surface area contributed by atoms with Gasteiger partial charge in [0.2, 0.25) is 11.2 Å². The fourth-order valence-electron chi connectivity index (χ4n) is 2.64. The van der Waals surface area contributed by atoms with Gasteiger partial charge in [0.1, 0.15) is 18.6 Å². The van der Waals surface area contributed by atoms with Crippen LogP contribution in [0.2, 0.25) is 0 Å². The summed E-state index contributed by atoms with van der Waals surface area (Å²) in [6.07, 6.45) is 1.16. The lowest BCUT2D eigenvalue weighted by Gasteiger charge is -2.13. The fraction of sp³-hybridized carbons (Fsp3) is 0.182. The number of carbonyl (C=O) groups is 1. The highest BCUT2D eigenvalue weighted by Gasteiger charge is 2.15. The minimum absolute atomic E-state index is 0.0375. The van der Waals surface area contributed by atoms with Crippen molar-refractivity contribution in [2.75, 3.05) is 7.11 Å². The third-order valence-corrected chi connectivity index (χ3v) is 4.20. The maximum Gasteiger partial charge on any atom is 0.287 e. The number of hydrogen-bond acceptors (Lipinski definition) is 5. The molecule has 144 valence electrons. The molecule has 0 aliphatic heterocycles. The first-order valence-electron chi connectivity index (χ1n) is 8.81. The Balaban J connectivity index is 1.64. The van der Waals surface area contributed by atoms with Gasteiger partial charge < -0.3 is 19.2 Å². The summed E-state index contributed by atoms with van der Waals surface area (Å²) < 4.78 is 16.0. The monoisotopic (exact) mass is 379 g/mol. The lowest BCUT2D eigenvalue weighted by Crippen LogP contribution is -2.27. The molecule has 0 saturated heterocycles. The van der Waals surface area contributed by atoms with Crippen LogP contribution in [-0.2, 0) is 6.61 Å². The molecular weight excluding hydrogens is 358 g/mol. The first-order valence-corrected chi connectivity index (χ1v) is 8.81. The highest BCUT2D eigenvalue weighted by atomic mass is 16.5. The topological polar surface area (TPSA) is 77.8 Å². The van der Waals surface area contributed by atoms with Crippen molar-refractivity contribution < 1.29 is 18.7 Å². The summed E-state index contributed by atoms with van der Waals surface area (Å²) in [6.45, 7) is 2.04. The Bertz CT molecular complexity index is 997. The maximum absolute atomic E-state index is 12.3. The molecule has 0 fully saturated rings. The number of amides is 1. The predicted molar refractivity (Wildman–Crippen MR) is 105 cm³/mol. The van der Waals surface area contributed by atoms with Crippen LogP contribution >= 0.6 is 0 Å². The molecule has 6 heteroatoms. The van der Waals surface area contributed by atoms with Crippen molar-refractivity contribution in [3.05, 3.63) is 94.0 Å². The first kappa shape index (κ1) is 19.2. The lowest BCUT2D eigenvalue weighted by molar-refractivity contribution is 0.0908. The van der Waals surface area contributed by atoms with Gasteiger partial charge in [-0.2, -0.15) is 0 Å². The average molecular weight is 379 g/mol. The van der Waals surface area contributed by atoms with Crippen molar-refractivity contribution in [3.8, 4) is 11.5 Å². The van der Waals surface area contributed by atoms with E-state index in [1.807, 2.05) is 61.5 Å². The second-order valence-corrected chi connectivity index (χ2v) is 6.22. The number of carbonyl (C=O) groups excluding carboxylic acids is 1. The van der Waals surface area contributed by atoms with Crippen LogP contribution in [0.5, 0.6) is 11.5 Å². The predicted octanol–water partition coefficient (Wildman–Crippen LogP) is 3.72. The second kappa shape index (κ2) is 8.90. The van der Waals surface area contributed by atoms with E-state index < -0.39 is 11.3 Å². The van der Waals surface area contributed by atoms with Gasteiger partial charge in [-0.05, 0) is 30.2 Å². The van der Waals surface area contributed by atoms with Gasteiger partial charge in [-0.3, -0.25) is 9.59 Å². The van der Waals surface area contributed by atoms with Gasteiger partial charge in [-0.25, -0.2) is 0 Å². The fourth-order valence-corrected chi connectivity index (χ4v) is 2.64. The molecule has 2 aromatic carbocycles. The molecule has 3 rings (SSSR count). The Morgan fingerprint density at radius 1 is 1.11 bits per heavy atom. The second-order valence-electron chi connectivity index (χ2n) is 6.22. The van der Waals surface area contributed by atoms with Gasteiger partial charge in [0, 0.05) is 6.07 Å². The molecule has 0 bridgehead atoms. The van der Waals surface area contributed by atoms with Crippen molar-refractivity contribution >= 4 is 5.91 Å². The van der Waals surface area contributed by atoms with E-state index in [1.54, 1.807) is 7.11 Å². The van der Waals surface area contributed by atoms with Crippen molar-refractivity contribution in [3.63, 3.8) is 0 Å². The number of ether oxygens (including phenoxy) is 2. The highest BCUT2D eigenvalue weighted by Crippen LogP contribution is 2.16. The summed E-state index contributed by atoms with van der Waals surface area (Å²) in [7, 11) is 1.58. The van der Waals surface area contributed by atoms with Crippen LogP contribution in [-0.4, -0.2) is 13.0 Å². The minimum Gasteiger partial charge on any atom is -0.497 e. The highest BCUT2D eigenvalue weighted by molar-refractivity contribution is 5.91. The summed E-state index contributed by atoms with van der Waals surface area (Å²) in [5.74, 6) is 0.206. The van der Waals surface area contributed by atoms with Crippen LogP contribution < -0.4 is 20.2 Å². The van der Waals surface area contributed by atoms with E-state index >= 15 is 0 Å². The third kappa shape index (κ3) is 4.79. The molecular formula is C22H21NO5. The number of methoxy groups -OCH3 is 1. The average Bonchev–Trinajstić information content (AvgIpc) is 2.73. The molecule has 3 aromatic rings. The van der Waals surface area contributed by atoms with E-state index in [-0.39, 0.29) is 24.2 Å². The molecule has 1 N–H and O–H groups in total. The molecule has 0 unspecified atom stereocenters. The van der Waals surface area contributed by atoms with E-state index in [0.29, 0.717) is 5.75 Å². The van der Waals surface area contributed by atoms with Crippen LogP contribution in [0.4, 0.5) is 0 Å². The number of rotatable bonds is 7. The molecule has 28 heavy (non-hydrogen) atoms. The van der Waals surface area contributed by atoms with Crippen molar-refractivity contribution in [1.82, 2.24) is 5.32 Å². The van der Waals surface area contributed by atoms with E-state index in [2.05, 4.69) is 5.32 Å². The molecule has 1 heterocycles. The van der Waals surface area contributed by atoms with Gasteiger partial charge in [-0.15, -0.1) is 0 Å². The molecule has 0 aliphatic rings. The zero-order chi connectivity index (χ0) is 19.9. The van der Waals surface area contributed by atoms with Crippen LogP contribution in [0.3, 0.4) is 0 Å². The van der Waals surface area contributed by atoms with Gasteiger partial charge in [0.15, 0.2) is 5.76 Å². The van der Waals surface area contributed by atoms with E-state index in [1.165, 1.54) is 0 Å². The van der Waals surface area contributed by atoms with E-state index in [4.69, 9.17) is 13.9 Å². The Hall–Kier alpha value is -3.54. The standard InChI is InChI=1S/C22H21NO5/c1-15(17-8-4-3-5-9-17)23-22(25)20-12-19(24)21(14-28-20)27-13-16-7-6-10-18(11-16)26-2/h3-12,14-15H,13H2,1-2H3,(H,23,25)/t15-/m1/s1. The summed E-state index contributed by atoms with van der Waals surface area (Å²) >= 11 is 0. The maximum atomic E-state index is 12.3. The summed E-state index contributed by atoms with van der Waals surface area (Å²) in [4.78, 5) is 24.6. The SMILES string of the molecule is COc1cccc(COc2coc(C(=O)N[C@H](C)c3ccccc3)cc2=O)c1. The first-order chi connectivity index (χ1) is 13.6. The molecule has 0 aliphatic carbocycles. The Morgan fingerprint density at radius 2 is 1.89 bits per heavy atom. The zero-order valence-electron chi connectivity index (χ0n) is 15.7. The van der Waals surface area contributed by atoms with Crippen molar-refractivity contribution in [1.29, 1.82) is 0 Å². The molecule has 6 nitrogen and oxygen atoms in total. The van der Waals surface area contributed by atoms with Crippen molar-refractivity contribution in [2.45, 2.75) is 19.6 Å². The molecule has 0 saturated carbocycles. The smallest absolute Gasteiger partial charge is 0.287 e. The number of nitrogens with one attached hydrogen (secondary N) is 1. The zero-order valence-corrected chi connectivity index (χ0v) is 15.7. The Morgan fingerprint density at radius 3 is 2.61 bits per heavy atom. The van der Waals surface area contributed by atoms with Crippen LogP contribution in [0.15, 0.2) is 76.1 Å². The van der Waals surface area contributed by atoms with Crippen LogP contribution in [0.1, 0.15) is 34.6 Å². The van der Waals surface area contributed by atoms with E-state index in [9.17, 15) is 9.59 Å². The minimum atomic E-state index is -0.465. The molecule has 1 aromatic heterocycles. The Kier molecular flexibility index (Phi) is 6.11. The number of benzene rings is 2. The number of hydrogen-bond donors (Lipinski definition) is 1. The molecule has 1 atom stereocenters. The largest absolute Gasteiger partial charge is 0.497 e. The van der Waals surface area contributed by atoms with Crippen molar-refractivity contribution in [2.24, 2.45) is 0 Å². The van der Waals surface area contributed by atoms with E-state index in [0.717, 1.165) is 23.5 Å². The lowest BCUT2D eigenvalue weighted by atomic mass is 10.1. The molecule has 0 radical (unpaired) electrons. The van der Waals surface area contributed by atoms with Gasteiger partial charge in [-0.1, -0.05) is 42.5 Å². The molecule has 0 spiro atoms. The van der Waals surface area contributed by atoms with Crippen LogP contribution in [0.25, 0.3) is 0 Å².